The first-order valence-electron chi connectivity index (χ1n) is 6.15. The molecule has 1 rings (SSSR count). The summed E-state index contributed by atoms with van der Waals surface area (Å²) in [6.07, 6.45) is 3.93. The van der Waals surface area contributed by atoms with Gasteiger partial charge in [-0.2, -0.15) is 0 Å². The van der Waals surface area contributed by atoms with E-state index in [1.807, 2.05) is 0 Å². The highest BCUT2D eigenvalue weighted by molar-refractivity contribution is 7.54. The van der Waals surface area contributed by atoms with Crippen molar-refractivity contribution in [3.8, 4) is 0 Å². The zero-order chi connectivity index (χ0) is 14.3. The lowest BCUT2D eigenvalue weighted by atomic mass is 10.2. The maximum absolute atomic E-state index is 11.8. The fourth-order valence-corrected chi connectivity index (χ4v) is 2.82. The van der Waals surface area contributed by atoms with Gasteiger partial charge in [-0.1, -0.05) is 49.4 Å². The molecular formula is C12H18Cl2NO3P. The second-order valence-corrected chi connectivity index (χ2v) is 6.52. The van der Waals surface area contributed by atoms with Gasteiger partial charge >= 0.3 is 7.75 Å². The average Bonchev–Trinajstić information content (AvgIpc) is 2.33. The minimum Gasteiger partial charge on any atom is -0.308 e. The van der Waals surface area contributed by atoms with Crippen molar-refractivity contribution in [1.82, 2.24) is 0 Å². The molecule has 19 heavy (non-hydrogen) atoms. The van der Waals surface area contributed by atoms with Gasteiger partial charge in [-0.15, -0.1) is 0 Å². The van der Waals surface area contributed by atoms with Gasteiger partial charge < -0.3 is 4.89 Å². The predicted molar refractivity (Wildman–Crippen MR) is 80.0 cm³/mol. The maximum Gasteiger partial charge on any atom is 0.430 e. The van der Waals surface area contributed by atoms with Crippen LogP contribution in [0.4, 0.5) is 5.69 Å². The van der Waals surface area contributed by atoms with E-state index >= 15 is 0 Å². The van der Waals surface area contributed by atoms with Crippen LogP contribution in [0.5, 0.6) is 0 Å². The first kappa shape index (κ1) is 16.8. The quantitative estimate of drug-likeness (QED) is 0.515. The molecule has 1 aromatic rings. The molecule has 0 aromatic heterocycles. The molecule has 0 aliphatic carbocycles. The Morgan fingerprint density at radius 3 is 2.74 bits per heavy atom. The lowest BCUT2D eigenvalue weighted by molar-refractivity contribution is 0.257. The summed E-state index contributed by atoms with van der Waals surface area (Å²) in [5, 5.41) is 3.13. The largest absolute Gasteiger partial charge is 0.430 e. The van der Waals surface area contributed by atoms with Gasteiger partial charge in [0.1, 0.15) is 0 Å². The number of unbranched alkanes of at least 4 members (excludes halogenated alkanes) is 3. The van der Waals surface area contributed by atoms with Crippen molar-refractivity contribution in [2.24, 2.45) is 0 Å². The van der Waals surface area contributed by atoms with Crippen molar-refractivity contribution >= 4 is 36.6 Å². The van der Waals surface area contributed by atoms with Gasteiger partial charge in [0.15, 0.2) is 0 Å². The maximum atomic E-state index is 11.8. The average molecular weight is 326 g/mol. The number of benzene rings is 1. The summed E-state index contributed by atoms with van der Waals surface area (Å²) in [6, 6.07) is 4.63. The Morgan fingerprint density at radius 2 is 2.05 bits per heavy atom. The number of rotatable bonds is 8. The Bertz CT molecular complexity index is 457. The second-order valence-electron chi connectivity index (χ2n) is 4.15. The molecule has 108 valence electrons. The fourth-order valence-electron chi connectivity index (χ4n) is 1.48. The molecule has 0 heterocycles. The van der Waals surface area contributed by atoms with Crippen LogP contribution in [-0.4, -0.2) is 11.5 Å². The van der Waals surface area contributed by atoms with E-state index in [4.69, 9.17) is 27.7 Å². The van der Waals surface area contributed by atoms with Gasteiger partial charge in [-0.3, -0.25) is 9.61 Å². The SMILES string of the molecule is CCCCCCOP(=O)(O)Nc1cc(Cl)ccc1Cl. The summed E-state index contributed by atoms with van der Waals surface area (Å²) in [7, 11) is -3.90. The molecule has 0 fully saturated rings. The third kappa shape index (κ3) is 6.64. The van der Waals surface area contributed by atoms with Crippen LogP contribution >= 0.6 is 30.9 Å². The molecule has 0 radical (unpaired) electrons. The number of nitrogens with one attached hydrogen (secondary N) is 1. The molecular weight excluding hydrogens is 308 g/mol. The molecule has 0 aliphatic heterocycles. The van der Waals surface area contributed by atoms with Gasteiger partial charge in [0.05, 0.1) is 17.3 Å². The van der Waals surface area contributed by atoms with E-state index in [1.54, 1.807) is 12.1 Å². The molecule has 0 saturated carbocycles. The van der Waals surface area contributed by atoms with E-state index in [2.05, 4.69) is 12.0 Å². The Kier molecular flexibility index (Phi) is 7.19. The summed E-state index contributed by atoms with van der Waals surface area (Å²) in [6.45, 7) is 2.33. The van der Waals surface area contributed by atoms with E-state index in [0.29, 0.717) is 10.0 Å². The highest BCUT2D eigenvalue weighted by Crippen LogP contribution is 2.44. The molecule has 1 unspecified atom stereocenters. The molecule has 1 aromatic carbocycles. The Labute approximate surface area is 123 Å². The van der Waals surface area contributed by atoms with Crippen LogP contribution in [0.1, 0.15) is 32.6 Å². The monoisotopic (exact) mass is 325 g/mol. The zero-order valence-corrected chi connectivity index (χ0v) is 13.1. The Balaban J connectivity index is 2.49. The molecule has 2 N–H and O–H groups in total. The minimum atomic E-state index is -3.90. The highest BCUT2D eigenvalue weighted by atomic mass is 35.5. The van der Waals surface area contributed by atoms with Crippen LogP contribution in [0.25, 0.3) is 0 Å². The molecule has 0 amide bonds. The van der Waals surface area contributed by atoms with Gasteiger partial charge in [0.2, 0.25) is 0 Å². The van der Waals surface area contributed by atoms with Crippen molar-refractivity contribution in [2.45, 2.75) is 32.6 Å². The van der Waals surface area contributed by atoms with E-state index < -0.39 is 7.75 Å². The fraction of sp³-hybridized carbons (Fsp3) is 0.500. The lowest BCUT2D eigenvalue weighted by Gasteiger charge is -2.15. The van der Waals surface area contributed by atoms with Crippen molar-refractivity contribution in [2.75, 3.05) is 11.7 Å². The molecule has 0 bridgehead atoms. The standard InChI is InChI=1S/C12H18Cl2NO3P/c1-2-3-4-5-8-18-19(16,17)15-12-9-10(13)6-7-11(12)14/h6-7,9H,2-5,8H2,1H3,(H2,15,16,17). The zero-order valence-electron chi connectivity index (χ0n) is 10.7. The summed E-state index contributed by atoms with van der Waals surface area (Å²) in [4.78, 5) is 9.66. The number of halogens is 2. The minimum absolute atomic E-state index is 0.235. The number of hydrogen-bond acceptors (Lipinski definition) is 2. The van der Waals surface area contributed by atoms with E-state index in [-0.39, 0.29) is 12.3 Å². The van der Waals surface area contributed by atoms with Crippen molar-refractivity contribution in [1.29, 1.82) is 0 Å². The summed E-state index contributed by atoms with van der Waals surface area (Å²) < 4.78 is 16.8. The van der Waals surface area contributed by atoms with E-state index in [9.17, 15) is 9.46 Å². The smallest absolute Gasteiger partial charge is 0.308 e. The second kappa shape index (κ2) is 8.13. The van der Waals surface area contributed by atoms with Crippen LogP contribution in [0.15, 0.2) is 18.2 Å². The van der Waals surface area contributed by atoms with Crippen LogP contribution in [0.3, 0.4) is 0 Å². The highest BCUT2D eigenvalue weighted by Gasteiger charge is 2.20. The topological polar surface area (TPSA) is 58.6 Å². The van der Waals surface area contributed by atoms with Crippen molar-refractivity contribution < 1.29 is 14.0 Å². The summed E-state index contributed by atoms with van der Waals surface area (Å²) in [5.41, 5.74) is 0.286. The van der Waals surface area contributed by atoms with Crippen molar-refractivity contribution in [3.63, 3.8) is 0 Å². The first-order chi connectivity index (χ1) is 8.94. The molecule has 0 aliphatic rings. The van der Waals surface area contributed by atoms with Gasteiger partial charge in [0.25, 0.3) is 0 Å². The number of hydrogen-bond donors (Lipinski definition) is 2. The number of anilines is 1. The Hall–Kier alpha value is -0.250. The third-order valence-corrected chi connectivity index (χ3v) is 4.08. The van der Waals surface area contributed by atoms with Crippen LogP contribution in [0, 0.1) is 0 Å². The van der Waals surface area contributed by atoms with Crippen LogP contribution in [0.2, 0.25) is 10.0 Å². The normalized spacial score (nSPS) is 14.1. The van der Waals surface area contributed by atoms with Crippen molar-refractivity contribution in [3.05, 3.63) is 28.2 Å². The predicted octanol–water partition coefficient (Wildman–Crippen LogP) is 5.10. The summed E-state index contributed by atoms with van der Waals surface area (Å²) in [5.74, 6) is 0. The van der Waals surface area contributed by atoms with Crippen LogP contribution < -0.4 is 5.09 Å². The first-order valence-corrected chi connectivity index (χ1v) is 8.48. The van der Waals surface area contributed by atoms with Gasteiger partial charge in [0, 0.05) is 5.02 Å². The molecule has 1 atom stereocenters. The third-order valence-electron chi connectivity index (χ3n) is 2.45. The van der Waals surface area contributed by atoms with E-state index in [1.165, 1.54) is 6.07 Å². The molecule has 0 spiro atoms. The Morgan fingerprint density at radius 1 is 1.32 bits per heavy atom. The van der Waals surface area contributed by atoms with Crippen LogP contribution in [-0.2, 0) is 9.09 Å². The molecule has 0 saturated heterocycles. The van der Waals surface area contributed by atoms with E-state index in [0.717, 1.165) is 25.7 Å². The lowest BCUT2D eigenvalue weighted by Crippen LogP contribution is -2.02. The summed E-state index contributed by atoms with van der Waals surface area (Å²) >= 11 is 11.7. The molecule has 7 heteroatoms. The van der Waals surface area contributed by atoms with Gasteiger partial charge in [-0.05, 0) is 24.6 Å². The molecule has 4 nitrogen and oxygen atoms in total. The van der Waals surface area contributed by atoms with Gasteiger partial charge in [-0.25, -0.2) is 4.57 Å².